The van der Waals surface area contributed by atoms with E-state index < -0.39 is 4.75 Å². The van der Waals surface area contributed by atoms with Crippen molar-refractivity contribution in [1.29, 1.82) is 0 Å². The number of thioether (sulfide) groups is 2. The molecule has 5 nitrogen and oxygen atoms in total. The smallest absolute Gasteiger partial charge is 0.321 e. The Morgan fingerprint density at radius 2 is 1.45 bits per heavy atom. The van der Waals surface area contributed by atoms with Crippen LogP contribution < -0.4 is 11.5 Å². The van der Waals surface area contributed by atoms with E-state index in [1.54, 1.807) is 18.7 Å². The molecule has 2 aromatic rings. The van der Waals surface area contributed by atoms with E-state index in [1.807, 2.05) is 76.2 Å². The minimum atomic E-state index is -0.593. The van der Waals surface area contributed by atoms with Crippen molar-refractivity contribution in [3.05, 3.63) is 48.5 Å². The van der Waals surface area contributed by atoms with Gasteiger partial charge in [0.05, 0.1) is 13.2 Å². The SMILES string of the molecule is CC(C)(CO)Sc1cccc(N)c1.CCOC(=O)C(C)(C)Sc1cccc(N)c1. The minimum absolute atomic E-state index is 0.145. The van der Waals surface area contributed by atoms with Crippen molar-refractivity contribution in [3.8, 4) is 0 Å². The molecule has 160 valence electrons. The standard InChI is InChI=1S/C12H17NO2S.C10H15NOS/c1-4-15-11(14)12(2,3)16-10-7-5-6-9(13)8-10;1-10(2,7-12)13-9-5-3-4-8(11)6-9/h5-8H,4,13H2,1-3H3;3-6,12H,7,11H2,1-2H3. The second-order valence-electron chi connectivity index (χ2n) is 7.50. The van der Waals surface area contributed by atoms with Gasteiger partial charge >= 0.3 is 5.97 Å². The summed E-state index contributed by atoms with van der Waals surface area (Å²) in [5.74, 6) is -0.206. The number of benzene rings is 2. The van der Waals surface area contributed by atoms with Crippen molar-refractivity contribution in [1.82, 2.24) is 0 Å². The number of rotatable bonds is 7. The van der Waals surface area contributed by atoms with E-state index in [9.17, 15) is 4.79 Å². The predicted molar refractivity (Wildman–Crippen MR) is 125 cm³/mol. The van der Waals surface area contributed by atoms with Gasteiger partial charge in [0.25, 0.3) is 0 Å². The fraction of sp³-hybridized carbons (Fsp3) is 0.409. The molecule has 0 aliphatic heterocycles. The molecule has 2 aromatic carbocycles. The first kappa shape index (κ1) is 25.2. The Bertz CT molecular complexity index is 795. The average molecular weight is 437 g/mol. The highest BCUT2D eigenvalue weighted by Gasteiger charge is 2.30. The van der Waals surface area contributed by atoms with Crippen molar-refractivity contribution >= 4 is 40.9 Å². The molecule has 0 unspecified atom stereocenters. The van der Waals surface area contributed by atoms with Gasteiger partial charge < -0.3 is 21.3 Å². The first-order valence-corrected chi connectivity index (χ1v) is 11.0. The van der Waals surface area contributed by atoms with Crippen LogP contribution in [0.3, 0.4) is 0 Å². The molecule has 0 saturated carbocycles. The number of ether oxygens (including phenoxy) is 1. The third-order valence-corrected chi connectivity index (χ3v) is 5.97. The van der Waals surface area contributed by atoms with Crippen molar-refractivity contribution in [2.45, 2.75) is 53.9 Å². The van der Waals surface area contributed by atoms with Crippen LogP contribution in [0.4, 0.5) is 11.4 Å². The average Bonchev–Trinajstić information content (AvgIpc) is 2.62. The summed E-state index contributed by atoms with van der Waals surface area (Å²) in [4.78, 5) is 13.7. The summed E-state index contributed by atoms with van der Waals surface area (Å²) in [6.45, 7) is 10.1. The highest BCUT2D eigenvalue weighted by molar-refractivity contribution is 8.01. The summed E-state index contributed by atoms with van der Waals surface area (Å²) in [5.41, 5.74) is 12.8. The minimum Gasteiger partial charge on any atom is -0.465 e. The van der Waals surface area contributed by atoms with Crippen molar-refractivity contribution in [2.75, 3.05) is 24.7 Å². The van der Waals surface area contributed by atoms with Gasteiger partial charge in [-0.1, -0.05) is 12.1 Å². The highest BCUT2D eigenvalue weighted by Crippen LogP contribution is 2.34. The third kappa shape index (κ3) is 9.47. The largest absolute Gasteiger partial charge is 0.465 e. The van der Waals surface area contributed by atoms with Gasteiger partial charge in [-0.3, -0.25) is 4.79 Å². The number of esters is 1. The summed E-state index contributed by atoms with van der Waals surface area (Å²) in [5, 5.41) is 9.07. The van der Waals surface area contributed by atoms with E-state index in [0.29, 0.717) is 12.3 Å². The maximum absolute atomic E-state index is 11.7. The first-order valence-electron chi connectivity index (χ1n) is 9.36. The van der Waals surface area contributed by atoms with E-state index in [-0.39, 0.29) is 17.3 Å². The van der Waals surface area contributed by atoms with Crippen molar-refractivity contribution in [2.24, 2.45) is 0 Å². The quantitative estimate of drug-likeness (QED) is 0.325. The molecular formula is C22H32N2O3S2. The summed E-state index contributed by atoms with van der Waals surface area (Å²) in [6.07, 6.45) is 0. The van der Waals surface area contributed by atoms with Gasteiger partial charge in [-0.05, 0) is 71.0 Å². The van der Waals surface area contributed by atoms with Crippen LogP contribution in [-0.2, 0) is 9.53 Å². The monoisotopic (exact) mass is 436 g/mol. The van der Waals surface area contributed by atoms with E-state index in [2.05, 4.69) is 0 Å². The van der Waals surface area contributed by atoms with Gasteiger partial charge in [0, 0.05) is 25.9 Å². The lowest BCUT2D eigenvalue weighted by Crippen LogP contribution is -2.29. The Morgan fingerprint density at radius 1 is 0.966 bits per heavy atom. The molecule has 0 fully saturated rings. The number of aliphatic hydroxyl groups excluding tert-OH is 1. The topological polar surface area (TPSA) is 98.6 Å². The van der Waals surface area contributed by atoms with Gasteiger partial charge in [0.1, 0.15) is 4.75 Å². The second-order valence-corrected chi connectivity index (χ2v) is 11.0. The fourth-order valence-electron chi connectivity index (χ4n) is 2.15. The van der Waals surface area contributed by atoms with Gasteiger partial charge in [0.2, 0.25) is 0 Å². The number of nitrogens with two attached hydrogens (primary N) is 2. The maximum atomic E-state index is 11.7. The second kappa shape index (κ2) is 11.4. The van der Waals surface area contributed by atoms with E-state index in [4.69, 9.17) is 21.3 Å². The van der Waals surface area contributed by atoms with Gasteiger partial charge in [-0.2, -0.15) is 0 Å². The Morgan fingerprint density at radius 3 is 1.86 bits per heavy atom. The van der Waals surface area contributed by atoms with Gasteiger partial charge in [-0.15, -0.1) is 23.5 Å². The molecule has 0 radical (unpaired) electrons. The van der Waals surface area contributed by atoms with Crippen LogP contribution in [0, 0.1) is 0 Å². The number of nitrogen functional groups attached to an aromatic ring is 2. The summed E-state index contributed by atoms with van der Waals surface area (Å²) < 4.78 is 4.28. The Balaban J connectivity index is 0.000000296. The van der Waals surface area contributed by atoms with Crippen LogP contribution in [0.1, 0.15) is 34.6 Å². The molecule has 0 aliphatic rings. The number of hydrogen-bond donors (Lipinski definition) is 3. The van der Waals surface area contributed by atoms with Crippen LogP contribution in [0.25, 0.3) is 0 Å². The number of anilines is 2. The van der Waals surface area contributed by atoms with Crippen LogP contribution in [-0.4, -0.2) is 33.8 Å². The molecule has 0 bridgehead atoms. The molecule has 0 saturated heterocycles. The Kier molecular flexibility index (Phi) is 9.89. The third-order valence-electron chi connectivity index (χ3n) is 3.63. The molecule has 0 atom stereocenters. The first-order chi connectivity index (χ1) is 13.5. The van der Waals surface area contributed by atoms with Gasteiger partial charge in [-0.25, -0.2) is 0 Å². The normalized spacial score (nSPS) is 11.4. The Hall–Kier alpha value is -1.83. The Labute approximate surface area is 182 Å². The highest BCUT2D eigenvalue weighted by atomic mass is 32.2. The number of carbonyl (C=O) groups excluding carboxylic acids is 1. The van der Waals surface area contributed by atoms with Crippen LogP contribution in [0.15, 0.2) is 58.3 Å². The fourth-order valence-corrected chi connectivity index (χ4v) is 4.27. The molecule has 0 spiro atoms. The van der Waals surface area contributed by atoms with Gasteiger partial charge in [0.15, 0.2) is 0 Å². The lowest BCUT2D eigenvalue weighted by atomic mass is 10.2. The van der Waals surface area contributed by atoms with Crippen molar-refractivity contribution < 1.29 is 14.6 Å². The number of hydrogen-bond acceptors (Lipinski definition) is 7. The predicted octanol–water partition coefficient (Wildman–Crippen LogP) is 4.83. The van der Waals surface area contributed by atoms with E-state index >= 15 is 0 Å². The molecule has 5 N–H and O–H groups in total. The summed E-state index contributed by atoms with van der Waals surface area (Å²) in [7, 11) is 0. The van der Waals surface area contributed by atoms with E-state index in [1.165, 1.54) is 11.8 Å². The molecule has 0 aromatic heterocycles. The summed E-state index contributed by atoms with van der Waals surface area (Å²) >= 11 is 3.08. The molecule has 2 rings (SSSR count). The summed E-state index contributed by atoms with van der Waals surface area (Å²) in [6, 6.07) is 15.2. The zero-order chi connectivity index (χ0) is 22.1. The molecule has 29 heavy (non-hydrogen) atoms. The molecule has 0 aliphatic carbocycles. The zero-order valence-electron chi connectivity index (χ0n) is 17.8. The molecular weight excluding hydrogens is 404 g/mol. The number of aliphatic hydroxyl groups is 1. The zero-order valence-corrected chi connectivity index (χ0v) is 19.4. The van der Waals surface area contributed by atoms with Crippen LogP contribution in [0.5, 0.6) is 0 Å². The van der Waals surface area contributed by atoms with Crippen LogP contribution >= 0.6 is 23.5 Å². The van der Waals surface area contributed by atoms with Crippen LogP contribution in [0.2, 0.25) is 0 Å². The van der Waals surface area contributed by atoms with E-state index in [0.717, 1.165) is 15.5 Å². The number of carbonyl (C=O) groups is 1. The maximum Gasteiger partial charge on any atom is 0.321 e. The lowest BCUT2D eigenvalue weighted by Gasteiger charge is -2.21. The molecule has 0 heterocycles. The molecule has 7 heteroatoms. The lowest BCUT2D eigenvalue weighted by molar-refractivity contribution is -0.145. The van der Waals surface area contributed by atoms with Crippen molar-refractivity contribution in [3.63, 3.8) is 0 Å². The molecule has 0 amide bonds.